The van der Waals surface area contributed by atoms with Crippen LogP contribution >= 0.6 is 23.2 Å². The van der Waals surface area contributed by atoms with Gasteiger partial charge in [-0.05, 0) is 42.5 Å². The van der Waals surface area contributed by atoms with E-state index in [0.29, 0.717) is 29.4 Å². The summed E-state index contributed by atoms with van der Waals surface area (Å²) in [5.74, 6) is 0.0510. The zero-order chi connectivity index (χ0) is 17.9. The highest BCUT2D eigenvalue weighted by atomic mass is 35.5. The molecule has 1 aliphatic heterocycles. The summed E-state index contributed by atoms with van der Waals surface area (Å²) in [6, 6.07) is 15.3. The molecule has 1 unspecified atom stereocenters. The zero-order valence-corrected chi connectivity index (χ0v) is 15.4. The molecule has 2 aromatic carbocycles. The molecule has 0 radical (unpaired) electrons. The van der Waals surface area contributed by atoms with Gasteiger partial charge >= 0.3 is 0 Å². The Hall–Kier alpha value is -1.55. The predicted molar refractivity (Wildman–Crippen MR) is 101 cm³/mol. The van der Waals surface area contributed by atoms with Gasteiger partial charge in [-0.1, -0.05) is 59.6 Å². The second-order valence-corrected chi connectivity index (χ2v) is 7.31. The summed E-state index contributed by atoms with van der Waals surface area (Å²) < 4.78 is 0. The first-order valence-electron chi connectivity index (χ1n) is 8.46. The van der Waals surface area contributed by atoms with Crippen molar-refractivity contribution in [3.63, 3.8) is 0 Å². The summed E-state index contributed by atoms with van der Waals surface area (Å²) in [5, 5.41) is 10.5. The molecule has 1 atom stereocenters. The van der Waals surface area contributed by atoms with Gasteiger partial charge in [0.05, 0.1) is 15.5 Å². The minimum absolute atomic E-state index is 0.0504. The molecule has 1 saturated heterocycles. The Morgan fingerprint density at radius 3 is 2.52 bits per heavy atom. The molecule has 1 aliphatic rings. The molecule has 1 fully saturated rings. The predicted octanol–water partition coefficient (Wildman–Crippen LogP) is 4.44. The van der Waals surface area contributed by atoms with Crippen molar-refractivity contribution in [3.8, 4) is 0 Å². The van der Waals surface area contributed by atoms with E-state index in [4.69, 9.17) is 23.2 Å². The molecular formula is C20H21Cl2NO2. The van der Waals surface area contributed by atoms with Gasteiger partial charge in [-0.25, -0.2) is 0 Å². The summed E-state index contributed by atoms with van der Waals surface area (Å²) in [5.41, 5.74) is 1.19. The Bertz CT molecular complexity index is 747. The Morgan fingerprint density at radius 2 is 1.84 bits per heavy atom. The summed E-state index contributed by atoms with van der Waals surface area (Å²) in [7, 11) is 0. The topological polar surface area (TPSA) is 40.5 Å². The molecule has 25 heavy (non-hydrogen) atoms. The summed E-state index contributed by atoms with van der Waals surface area (Å²) >= 11 is 12.2. The Kier molecular flexibility index (Phi) is 5.67. The minimum atomic E-state index is -0.740. The van der Waals surface area contributed by atoms with Gasteiger partial charge in [0.25, 0.3) is 0 Å². The highest BCUT2D eigenvalue weighted by molar-refractivity contribution is 6.42. The van der Waals surface area contributed by atoms with Crippen LogP contribution in [0.2, 0.25) is 10.0 Å². The number of piperidine rings is 1. The van der Waals surface area contributed by atoms with Crippen molar-refractivity contribution >= 4 is 29.1 Å². The molecule has 1 N–H and O–H groups in total. The minimum Gasteiger partial charge on any atom is -0.396 e. The number of amides is 1. The Morgan fingerprint density at radius 1 is 1.08 bits per heavy atom. The molecule has 0 bridgehead atoms. The molecule has 1 amide bonds. The van der Waals surface area contributed by atoms with Gasteiger partial charge in [-0.3, -0.25) is 4.79 Å². The van der Waals surface area contributed by atoms with E-state index in [-0.39, 0.29) is 12.5 Å². The lowest BCUT2D eigenvalue weighted by Gasteiger charge is -2.42. The zero-order valence-electron chi connectivity index (χ0n) is 13.9. The van der Waals surface area contributed by atoms with Crippen LogP contribution in [0.5, 0.6) is 0 Å². The van der Waals surface area contributed by atoms with Crippen LogP contribution in [0.15, 0.2) is 48.5 Å². The second kappa shape index (κ2) is 7.77. The number of hydrogen-bond acceptors (Lipinski definition) is 2. The lowest BCUT2D eigenvalue weighted by molar-refractivity contribution is -0.142. The molecule has 0 spiro atoms. The number of carbonyl (C=O) groups excluding carboxylic acids is 1. The lowest BCUT2D eigenvalue weighted by atomic mass is 9.71. The molecule has 132 valence electrons. The van der Waals surface area contributed by atoms with Gasteiger partial charge in [0, 0.05) is 19.7 Å². The number of halogens is 2. The highest BCUT2D eigenvalue weighted by Crippen LogP contribution is 2.40. The number of aliphatic hydroxyl groups is 1. The Labute approximate surface area is 158 Å². The largest absolute Gasteiger partial charge is 0.396 e. The number of carbonyl (C=O) groups is 1. The van der Waals surface area contributed by atoms with Crippen LogP contribution in [-0.4, -0.2) is 29.1 Å². The van der Waals surface area contributed by atoms with E-state index in [2.05, 4.69) is 0 Å². The number of hydrogen-bond donors (Lipinski definition) is 1. The van der Waals surface area contributed by atoms with Gasteiger partial charge in [-0.2, -0.15) is 0 Å². The van der Waals surface area contributed by atoms with Crippen LogP contribution in [-0.2, 0) is 16.8 Å². The van der Waals surface area contributed by atoms with Crippen LogP contribution in [0.25, 0.3) is 0 Å². The van der Waals surface area contributed by atoms with Crippen molar-refractivity contribution in [2.24, 2.45) is 0 Å². The van der Waals surface area contributed by atoms with E-state index < -0.39 is 5.41 Å². The number of benzene rings is 2. The highest BCUT2D eigenvalue weighted by Gasteiger charge is 2.44. The third kappa shape index (κ3) is 3.69. The van der Waals surface area contributed by atoms with Crippen molar-refractivity contribution in [1.29, 1.82) is 0 Å². The van der Waals surface area contributed by atoms with E-state index in [1.807, 2.05) is 41.3 Å². The lowest BCUT2D eigenvalue weighted by Crippen LogP contribution is -2.51. The molecule has 5 heteroatoms. The van der Waals surface area contributed by atoms with E-state index in [1.165, 1.54) is 0 Å². The molecule has 0 aliphatic carbocycles. The molecule has 1 heterocycles. The van der Waals surface area contributed by atoms with Crippen molar-refractivity contribution in [1.82, 2.24) is 4.90 Å². The standard InChI is InChI=1S/C20H21Cl2NO2/c21-17-8-7-16(13-18(17)22)20(10-12-24)9-4-11-23(19(20)25)14-15-5-2-1-3-6-15/h1-3,5-8,13,24H,4,9-12,14H2. The fraction of sp³-hybridized carbons (Fsp3) is 0.350. The van der Waals surface area contributed by atoms with Crippen LogP contribution in [0.4, 0.5) is 0 Å². The SMILES string of the molecule is O=C1N(Cc2ccccc2)CCCC1(CCO)c1ccc(Cl)c(Cl)c1. The van der Waals surface area contributed by atoms with Crippen molar-refractivity contribution in [3.05, 3.63) is 69.7 Å². The first-order chi connectivity index (χ1) is 12.1. The fourth-order valence-electron chi connectivity index (χ4n) is 3.67. The van der Waals surface area contributed by atoms with Crippen molar-refractivity contribution in [2.45, 2.75) is 31.2 Å². The number of nitrogens with zero attached hydrogens (tertiary/aromatic N) is 1. The van der Waals surface area contributed by atoms with Gasteiger partial charge in [0.15, 0.2) is 0 Å². The van der Waals surface area contributed by atoms with Gasteiger partial charge < -0.3 is 10.0 Å². The fourth-order valence-corrected chi connectivity index (χ4v) is 3.96. The van der Waals surface area contributed by atoms with E-state index in [9.17, 15) is 9.90 Å². The summed E-state index contributed by atoms with van der Waals surface area (Å²) in [6.07, 6.45) is 1.98. The van der Waals surface area contributed by atoms with Gasteiger partial charge in [-0.15, -0.1) is 0 Å². The normalized spacial score (nSPS) is 20.8. The molecule has 3 nitrogen and oxygen atoms in total. The van der Waals surface area contributed by atoms with E-state index >= 15 is 0 Å². The van der Waals surface area contributed by atoms with Crippen LogP contribution in [0.1, 0.15) is 30.4 Å². The molecule has 2 aromatic rings. The number of likely N-dealkylation sites (tertiary alicyclic amines) is 1. The molecule has 0 saturated carbocycles. The van der Waals surface area contributed by atoms with Crippen LogP contribution < -0.4 is 0 Å². The maximum absolute atomic E-state index is 13.4. The maximum Gasteiger partial charge on any atom is 0.233 e. The van der Waals surface area contributed by atoms with Gasteiger partial charge in [0.1, 0.15) is 0 Å². The van der Waals surface area contributed by atoms with E-state index in [0.717, 1.165) is 24.1 Å². The monoisotopic (exact) mass is 377 g/mol. The average Bonchev–Trinajstić information content (AvgIpc) is 2.62. The van der Waals surface area contributed by atoms with Crippen molar-refractivity contribution in [2.75, 3.05) is 13.2 Å². The average molecular weight is 378 g/mol. The quantitative estimate of drug-likeness (QED) is 0.836. The summed E-state index contributed by atoms with van der Waals surface area (Å²) in [4.78, 5) is 15.3. The first-order valence-corrected chi connectivity index (χ1v) is 9.22. The van der Waals surface area contributed by atoms with Gasteiger partial charge in [0.2, 0.25) is 5.91 Å². The van der Waals surface area contributed by atoms with Crippen molar-refractivity contribution < 1.29 is 9.90 Å². The number of rotatable bonds is 5. The smallest absolute Gasteiger partial charge is 0.233 e. The second-order valence-electron chi connectivity index (χ2n) is 6.50. The van der Waals surface area contributed by atoms with E-state index in [1.54, 1.807) is 12.1 Å². The molecule has 3 rings (SSSR count). The first kappa shape index (κ1) is 18.2. The Balaban J connectivity index is 1.94. The molecular weight excluding hydrogens is 357 g/mol. The third-order valence-corrected chi connectivity index (χ3v) is 5.69. The maximum atomic E-state index is 13.4. The number of aliphatic hydroxyl groups excluding tert-OH is 1. The van der Waals surface area contributed by atoms with Crippen LogP contribution in [0.3, 0.4) is 0 Å². The molecule has 0 aromatic heterocycles. The summed E-state index contributed by atoms with van der Waals surface area (Å²) in [6.45, 7) is 1.25. The third-order valence-electron chi connectivity index (χ3n) is 4.96. The van der Waals surface area contributed by atoms with Crippen LogP contribution in [0, 0.1) is 0 Å².